The minimum Gasteiger partial charge on any atom is -0.342 e. The maximum atomic E-state index is 12.4. The van der Waals surface area contributed by atoms with Gasteiger partial charge in [-0.25, -0.2) is 0 Å². The van der Waals surface area contributed by atoms with Crippen LogP contribution in [0.5, 0.6) is 0 Å². The maximum absolute atomic E-state index is 12.4. The Morgan fingerprint density at radius 3 is 2.38 bits per heavy atom. The molecule has 0 aliphatic carbocycles. The van der Waals surface area contributed by atoms with E-state index in [-0.39, 0.29) is 5.91 Å². The van der Waals surface area contributed by atoms with Crippen molar-refractivity contribution in [2.24, 2.45) is 0 Å². The summed E-state index contributed by atoms with van der Waals surface area (Å²) in [6.07, 6.45) is 5.45. The van der Waals surface area contributed by atoms with Crippen molar-refractivity contribution < 1.29 is 4.79 Å². The first-order chi connectivity index (χ1) is 11.7. The standard InChI is InChI=1S/C17H25N5OS/c1-4-11-21(12-5-2)15(23)13-24-17-20-19-16(22(17)6-3)14-7-9-18-10-8-14/h7-10H,4-6,11-13H2,1-3H3. The van der Waals surface area contributed by atoms with Crippen LogP contribution in [0.3, 0.4) is 0 Å². The Morgan fingerprint density at radius 2 is 1.79 bits per heavy atom. The molecule has 0 atom stereocenters. The molecule has 0 saturated heterocycles. The minimum absolute atomic E-state index is 0.166. The predicted octanol–water partition coefficient (Wildman–Crippen LogP) is 3.10. The van der Waals surface area contributed by atoms with Crippen LogP contribution < -0.4 is 0 Å². The van der Waals surface area contributed by atoms with E-state index in [1.807, 2.05) is 21.6 Å². The largest absolute Gasteiger partial charge is 0.342 e. The molecule has 0 radical (unpaired) electrons. The zero-order valence-electron chi connectivity index (χ0n) is 14.6. The topological polar surface area (TPSA) is 63.9 Å². The van der Waals surface area contributed by atoms with Crippen LogP contribution in [0.25, 0.3) is 11.4 Å². The SMILES string of the molecule is CCCN(CCC)C(=O)CSc1nnc(-c2ccncc2)n1CC. The van der Waals surface area contributed by atoms with Crippen LogP contribution in [-0.4, -0.2) is 49.4 Å². The van der Waals surface area contributed by atoms with Gasteiger partial charge in [-0.1, -0.05) is 25.6 Å². The van der Waals surface area contributed by atoms with Crippen LogP contribution in [0.15, 0.2) is 29.7 Å². The zero-order chi connectivity index (χ0) is 17.4. The van der Waals surface area contributed by atoms with E-state index < -0.39 is 0 Å². The minimum atomic E-state index is 0.166. The van der Waals surface area contributed by atoms with Gasteiger partial charge in [0.15, 0.2) is 11.0 Å². The molecule has 0 aliphatic rings. The van der Waals surface area contributed by atoms with E-state index >= 15 is 0 Å². The van der Waals surface area contributed by atoms with Crippen molar-refractivity contribution >= 4 is 17.7 Å². The summed E-state index contributed by atoms with van der Waals surface area (Å²) in [6.45, 7) is 8.64. The first kappa shape index (κ1) is 18.4. The number of pyridine rings is 1. The monoisotopic (exact) mass is 347 g/mol. The summed E-state index contributed by atoms with van der Waals surface area (Å²) in [5.41, 5.74) is 0.983. The Balaban J connectivity index is 2.08. The molecule has 0 N–H and O–H groups in total. The van der Waals surface area contributed by atoms with Gasteiger partial charge in [0.05, 0.1) is 5.75 Å². The third-order valence-electron chi connectivity index (χ3n) is 3.64. The number of carbonyl (C=O) groups excluding carboxylic acids is 1. The fourth-order valence-electron chi connectivity index (χ4n) is 2.51. The number of rotatable bonds is 9. The lowest BCUT2D eigenvalue weighted by Crippen LogP contribution is -2.33. The Hall–Kier alpha value is -1.89. The highest BCUT2D eigenvalue weighted by atomic mass is 32.2. The van der Waals surface area contributed by atoms with E-state index in [0.717, 1.165) is 49.0 Å². The summed E-state index contributed by atoms with van der Waals surface area (Å²) in [6, 6.07) is 3.83. The van der Waals surface area contributed by atoms with Gasteiger partial charge in [-0.05, 0) is 31.9 Å². The third-order valence-corrected chi connectivity index (χ3v) is 4.59. The fourth-order valence-corrected chi connectivity index (χ4v) is 3.42. The summed E-state index contributed by atoms with van der Waals surface area (Å²) in [4.78, 5) is 18.4. The van der Waals surface area contributed by atoms with Gasteiger partial charge in [0, 0.05) is 37.6 Å². The quantitative estimate of drug-likeness (QED) is 0.652. The van der Waals surface area contributed by atoms with Gasteiger partial charge in [0.1, 0.15) is 0 Å². The Morgan fingerprint density at radius 1 is 1.12 bits per heavy atom. The van der Waals surface area contributed by atoms with Crippen molar-refractivity contribution in [3.05, 3.63) is 24.5 Å². The molecule has 0 bridgehead atoms. The Bertz CT molecular complexity index is 638. The predicted molar refractivity (Wildman–Crippen MR) is 96.8 cm³/mol. The van der Waals surface area contributed by atoms with Gasteiger partial charge in [-0.2, -0.15) is 0 Å². The molecule has 0 aliphatic heterocycles. The highest BCUT2D eigenvalue weighted by Crippen LogP contribution is 2.23. The third kappa shape index (κ3) is 4.56. The lowest BCUT2D eigenvalue weighted by molar-refractivity contribution is -0.128. The number of amides is 1. The van der Waals surface area contributed by atoms with Crippen molar-refractivity contribution in [2.75, 3.05) is 18.8 Å². The van der Waals surface area contributed by atoms with Gasteiger partial charge >= 0.3 is 0 Å². The number of carbonyl (C=O) groups is 1. The summed E-state index contributed by atoms with van der Waals surface area (Å²) in [7, 11) is 0. The fraction of sp³-hybridized carbons (Fsp3) is 0.529. The van der Waals surface area contributed by atoms with Gasteiger partial charge in [-0.3, -0.25) is 9.78 Å². The van der Waals surface area contributed by atoms with Crippen molar-refractivity contribution in [1.82, 2.24) is 24.6 Å². The molecule has 0 spiro atoms. The molecule has 2 aromatic rings. The molecule has 24 heavy (non-hydrogen) atoms. The average molecular weight is 347 g/mol. The number of hydrogen-bond donors (Lipinski definition) is 0. The number of thioether (sulfide) groups is 1. The molecule has 2 aromatic heterocycles. The lowest BCUT2D eigenvalue weighted by atomic mass is 10.2. The van der Waals surface area contributed by atoms with Gasteiger partial charge in [0.25, 0.3) is 0 Å². The normalized spacial score (nSPS) is 10.8. The molecule has 2 rings (SSSR count). The van der Waals surface area contributed by atoms with Crippen molar-refractivity contribution in [3.63, 3.8) is 0 Å². The summed E-state index contributed by atoms with van der Waals surface area (Å²) in [5, 5.41) is 9.35. The number of nitrogens with zero attached hydrogens (tertiary/aromatic N) is 5. The van der Waals surface area contributed by atoms with Crippen LogP contribution in [0, 0.1) is 0 Å². The van der Waals surface area contributed by atoms with Crippen LogP contribution in [0.1, 0.15) is 33.6 Å². The molecular formula is C17H25N5OS. The zero-order valence-corrected chi connectivity index (χ0v) is 15.4. The van der Waals surface area contributed by atoms with Crippen LogP contribution in [-0.2, 0) is 11.3 Å². The molecule has 130 valence electrons. The molecule has 0 fully saturated rings. The highest BCUT2D eigenvalue weighted by Gasteiger charge is 2.17. The average Bonchev–Trinajstić information content (AvgIpc) is 3.03. The van der Waals surface area contributed by atoms with E-state index in [4.69, 9.17) is 0 Å². The first-order valence-corrected chi connectivity index (χ1v) is 9.43. The second kappa shape index (κ2) is 9.42. The van der Waals surface area contributed by atoms with E-state index in [0.29, 0.717) is 5.75 Å². The molecule has 2 heterocycles. The van der Waals surface area contributed by atoms with Crippen LogP contribution in [0.2, 0.25) is 0 Å². The van der Waals surface area contributed by atoms with Crippen LogP contribution >= 0.6 is 11.8 Å². The van der Waals surface area contributed by atoms with Gasteiger partial charge < -0.3 is 9.47 Å². The molecule has 0 saturated carbocycles. The maximum Gasteiger partial charge on any atom is 0.233 e. The summed E-state index contributed by atoms with van der Waals surface area (Å²) >= 11 is 1.46. The number of aromatic nitrogens is 4. The molecule has 7 heteroatoms. The smallest absolute Gasteiger partial charge is 0.233 e. The Kier molecular flexibility index (Phi) is 7.24. The second-order valence-corrected chi connectivity index (χ2v) is 6.40. The van der Waals surface area contributed by atoms with Gasteiger partial charge in [0.2, 0.25) is 5.91 Å². The molecule has 1 amide bonds. The van der Waals surface area contributed by atoms with Gasteiger partial charge in [-0.15, -0.1) is 10.2 Å². The van der Waals surface area contributed by atoms with Crippen molar-refractivity contribution in [3.8, 4) is 11.4 Å². The van der Waals surface area contributed by atoms with Crippen LogP contribution in [0.4, 0.5) is 0 Å². The van der Waals surface area contributed by atoms with E-state index in [9.17, 15) is 4.79 Å². The molecule has 6 nitrogen and oxygen atoms in total. The van der Waals surface area contributed by atoms with E-state index in [1.54, 1.807) is 12.4 Å². The highest BCUT2D eigenvalue weighted by molar-refractivity contribution is 7.99. The first-order valence-electron chi connectivity index (χ1n) is 8.45. The van der Waals surface area contributed by atoms with Crippen molar-refractivity contribution in [1.29, 1.82) is 0 Å². The molecular weight excluding hydrogens is 322 g/mol. The van der Waals surface area contributed by atoms with Crippen molar-refractivity contribution in [2.45, 2.75) is 45.3 Å². The lowest BCUT2D eigenvalue weighted by Gasteiger charge is -2.21. The van der Waals surface area contributed by atoms with E-state index in [1.165, 1.54) is 11.8 Å². The summed E-state index contributed by atoms with van der Waals surface area (Å²) in [5.74, 6) is 1.38. The summed E-state index contributed by atoms with van der Waals surface area (Å²) < 4.78 is 2.04. The molecule has 0 aromatic carbocycles. The molecule has 0 unspecified atom stereocenters. The number of hydrogen-bond acceptors (Lipinski definition) is 5. The second-order valence-electron chi connectivity index (χ2n) is 5.46. The van der Waals surface area contributed by atoms with E-state index in [2.05, 4.69) is 36.0 Å². The Labute approximate surface area is 147 Å².